The maximum Gasteiger partial charge on any atom is 4.00 e. The first-order chi connectivity index (χ1) is 2.00. The van der Waals surface area contributed by atoms with Gasteiger partial charge in [-0.25, -0.2) is 0 Å². The van der Waals surface area contributed by atoms with Crippen molar-refractivity contribution in [3.63, 3.8) is 0 Å². The molecule has 0 aromatic rings. The third kappa shape index (κ3) is 367. The largest absolute Gasteiger partial charge is 4.00 e. The molecule has 0 spiro atoms. The summed E-state index contributed by atoms with van der Waals surface area (Å²) in [6.07, 6.45) is 0. The number of hydrogen-bond acceptors (Lipinski definition) is 2. The smallest absolute Gasteiger partial charge is 1.00 e. The minimum absolute atomic E-state index is 0. The fourth-order valence-electron chi connectivity index (χ4n) is 0. The van der Waals surface area contributed by atoms with Crippen LogP contribution in [0, 0.1) is 0 Å². The Morgan fingerprint density at radius 1 is 0.556 bits per heavy atom. The van der Waals surface area contributed by atoms with Crippen molar-refractivity contribution in [2.45, 2.75) is 0 Å². The predicted octanol–water partition coefficient (Wildman–Crippen LogP) is -12.8. The Balaban J connectivity index is -0.00000000114. The SMILES string of the molecule is [C]=O.[C]=O.[Cl-].[Cl-].[Cl-].[Cl-].[Ru+4]. The molecule has 0 bridgehead atoms. The van der Waals surface area contributed by atoms with Gasteiger partial charge in [0.1, 0.15) is 0 Å². The van der Waals surface area contributed by atoms with Crippen molar-refractivity contribution >= 4 is 13.6 Å². The molecule has 0 N–H and O–H groups in total. The summed E-state index contributed by atoms with van der Waals surface area (Å²) >= 11 is 0. The van der Waals surface area contributed by atoms with E-state index in [0.717, 1.165) is 0 Å². The number of halogens is 4. The average molecular weight is 299 g/mol. The average Bonchev–Trinajstić information content (AvgIpc) is 1.50. The van der Waals surface area contributed by atoms with Crippen molar-refractivity contribution in [3.05, 3.63) is 0 Å². The monoisotopic (exact) mass is 298 g/mol. The molecule has 0 aliphatic carbocycles. The van der Waals surface area contributed by atoms with Crippen LogP contribution in [0.2, 0.25) is 0 Å². The molecule has 0 amide bonds. The van der Waals surface area contributed by atoms with Crippen LogP contribution in [0.5, 0.6) is 0 Å². The zero-order chi connectivity index (χ0) is 4.00. The van der Waals surface area contributed by atoms with Gasteiger partial charge < -0.3 is 49.6 Å². The summed E-state index contributed by atoms with van der Waals surface area (Å²) in [4.78, 5) is 15.0. The second-order valence-electron chi connectivity index (χ2n) is 0. The first kappa shape index (κ1) is 86.4. The molecule has 7 heteroatoms. The molecular weight excluding hydrogens is 299 g/mol. The standard InChI is InChI=1S/2CO.4ClH.Ru/c2*1-2;;;;;/h;;4*1H;/q;;;;;;+4/p-4. The van der Waals surface area contributed by atoms with E-state index in [1.54, 1.807) is 0 Å². The van der Waals surface area contributed by atoms with E-state index in [9.17, 15) is 0 Å². The topological polar surface area (TPSA) is 34.1 Å². The van der Waals surface area contributed by atoms with Crippen LogP contribution >= 0.6 is 0 Å². The van der Waals surface area contributed by atoms with Gasteiger partial charge in [0.25, 0.3) is 13.6 Å². The number of carbonyl (C=O) groups excluding carboxylic acids is 2. The first-order valence-electron chi connectivity index (χ1n) is 0.408. The van der Waals surface area contributed by atoms with Crippen LogP contribution in [0.4, 0.5) is 0 Å². The van der Waals surface area contributed by atoms with E-state index in [0.29, 0.717) is 0 Å². The molecule has 0 atom stereocenters. The molecule has 9 heavy (non-hydrogen) atoms. The Kier molecular flexibility index (Phi) is 4580. The fraction of sp³-hybridized carbons (Fsp3) is 0. The Morgan fingerprint density at radius 2 is 0.556 bits per heavy atom. The fourth-order valence-corrected chi connectivity index (χ4v) is 0. The zero-order valence-electron chi connectivity index (χ0n) is 3.68. The first-order valence-corrected chi connectivity index (χ1v) is 0.408. The molecule has 0 saturated heterocycles. The minimum Gasteiger partial charge on any atom is -1.00 e. The molecule has 0 aromatic heterocycles. The molecule has 0 rings (SSSR count). The summed E-state index contributed by atoms with van der Waals surface area (Å²) in [6.45, 7) is 9.00. The molecule has 0 heterocycles. The summed E-state index contributed by atoms with van der Waals surface area (Å²) in [5, 5.41) is 0. The molecule has 0 saturated carbocycles. The Labute approximate surface area is 91.9 Å². The van der Waals surface area contributed by atoms with Crippen LogP contribution in [0.25, 0.3) is 0 Å². The molecule has 0 aliphatic heterocycles. The van der Waals surface area contributed by atoms with Gasteiger partial charge in [-0.05, 0) is 0 Å². The van der Waals surface area contributed by atoms with Crippen molar-refractivity contribution in [2.75, 3.05) is 0 Å². The molecule has 0 aliphatic rings. The van der Waals surface area contributed by atoms with Crippen molar-refractivity contribution in [3.8, 4) is 0 Å². The van der Waals surface area contributed by atoms with Gasteiger partial charge in [0.15, 0.2) is 0 Å². The Bertz CT molecular complexity index is 18.5. The molecular formula is C2Cl4O2Ru. The van der Waals surface area contributed by atoms with Gasteiger partial charge in [0.05, 0.1) is 0 Å². The second-order valence-corrected chi connectivity index (χ2v) is 0. The molecule has 56 valence electrons. The second kappa shape index (κ2) is 477. The number of hydrogen-bond donors (Lipinski definition) is 0. The molecule has 4 radical (unpaired) electrons. The van der Waals surface area contributed by atoms with E-state index < -0.39 is 0 Å². The zero-order valence-corrected chi connectivity index (χ0v) is 8.44. The van der Waals surface area contributed by atoms with E-state index in [1.807, 2.05) is 0 Å². The van der Waals surface area contributed by atoms with Crippen LogP contribution in [0.15, 0.2) is 0 Å². The quantitative estimate of drug-likeness (QED) is 0.416. The van der Waals surface area contributed by atoms with Gasteiger partial charge in [-0.2, -0.15) is 0 Å². The maximum absolute atomic E-state index is 7.50. The van der Waals surface area contributed by atoms with Gasteiger partial charge >= 0.3 is 19.5 Å². The summed E-state index contributed by atoms with van der Waals surface area (Å²) in [7, 11) is 0. The van der Waals surface area contributed by atoms with Crippen molar-refractivity contribution in [2.24, 2.45) is 0 Å². The van der Waals surface area contributed by atoms with Crippen molar-refractivity contribution in [1.29, 1.82) is 0 Å². The van der Waals surface area contributed by atoms with Crippen LogP contribution in [-0.2, 0) is 29.1 Å². The van der Waals surface area contributed by atoms with E-state index in [-0.39, 0.29) is 69.1 Å². The van der Waals surface area contributed by atoms with Crippen molar-refractivity contribution < 1.29 is 78.7 Å². The minimum atomic E-state index is 0. The normalized spacial score (nSPS) is 0.889. The summed E-state index contributed by atoms with van der Waals surface area (Å²) < 4.78 is 0. The van der Waals surface area contributed by atoms with Gasteiger partial charge in [-0.1, -0.05) is 0 Å². The van der Waals surface area contributed by atoms with E-state index in [1.165, 1.54) is 0 Å². The molecule has 0 fully saturated rings. The van der Waals surface area contributed by atoms with Gasteiger partial charge in [0, 0.05) is 0 Å². The van der Waals surface area contributed by atoms with Gasteiger partial charge in [-0.3, -0.25) is 9.59 Å². The summed E-state index contributed by atoms with van der Waals surface area (Å²) in [6, 6.07) is 0. The van der Waals surface area contributed by atoms with Crippen molar-refractivity contribution in [1.82, 2.24) is 0 Å². The molecule has 0 unspecified atom stereocenters. The Hall–Kier alpha value is 1.12. The third-order valence-corrected chi connectivity index (χ3v) is 0. The summed E-state index contributed by atoms with van der Waals surface area (Å²) in [5.41, 5.74) is 0. The van der Waals surface area contributed by atoms with Crippen LogP contribution in [0.1, 0.15) is 0 Å². The van der Waals surface area contributed by atoms with E-state index in [4.69, 9.17) is 9.59 Å². The maximum atomic E-state index is 7.50. The van der Waals surface area contributed by atoms with Crippen LogP contribution in [-0.4, -0.2) is 13.6 Å². The van der Waals surface area contributed by atoms with Gasteiger partial charge in [-0.15, -0.1) is 0 Å². The van der Waals surface area contributed by atoms with Crippen LogP contribution < -0.4 is 49.6 Å². The molecule has 0 aromatic carbocycles. The third-order valence-electron chi connectivity index (χ3n) is 0. The van der Waals surface area contributed by atoms with E-state index >= 15 is 0 Å². The predicted molar refractivity (Wildman–Crippen MR) is 11.4 cm³/mol. The number of rotatable bonds is 0. The van der Waals surface area contributed by atoms with Gasteiger partial charge in [0.2, 0.25) is 0 Å². The van der Waals surface area contributed by atoms with Crippen LogP contribution in [0.3, 0.4) is 0 Å². The molecule has 2 nitrogen and oxygen atoms in total. The van der Waals surface area contributed by atoms with E-state index in [2.05, 4.69) is 13.6 Å². The Morgan fingerprint density at radius 3 is 0.556 bits per heavy atom. The summed E-state index contributed by atoms with van der Waals surface area (Å²) in [5.74, 6) is 0.